The van der Waals surface area contributed by atoms with Crippen molar-refractivity contribution in [2.24, 2.45) is 5.92 Å². The van der Waals surface area contributed by atoms with Gasteiger partial charge in [0.1, 0.15) is 15.7 Å². The lowest BCUT2D eigenvalue weighted by Gasteiger charge is -2.29. The first kappa shape index (κ1) is 22.3. The summed E-state index contributed by atoms with van der Waals surface area (Å²) in [5.74, 6) is 0.245. The Hall–Kier alpha value is -2.88. The van der Waals surface area contributed by atoms with E-state index in [1.807, 2.05) is 6.92 Å². The van der Waals surface area contributed by atoms with Crippen LogP contribution in [-0.4, -0.2) is 52.1 Å². The number of aromatic nitrogens is 4. The third-order valence-corrected chi connectivity index (χ3v) is 6.97. The molecule has 0 atom stereocenters. The van der Waals surface area contributed by atoms with Gasteiger partial charge in [0.25, 0.3) is 11.9 Å². The third kappa shape index (κ3) is 5.12. The van der Waals surface area contributed by atoms with Crippen molar-refractivity contribution in [3.8, 4) is 5.95 Å². The monoisotopic (exact) mass is 459 g/mol. The van der Waals surface area contributed by atoms with Gasteiger partial charge in [0.15, 0.2) is 0 Å². The quantitative estimate of drug-likeness (QED) is 0.607. The fraction of sp³-hybridized carbons (Fsp3) is 0.455. The summed E-state index contributed by atoms with van der Waals surface area (Å²) >= 11 is 0. The lowest BCUT2D eigenvalue weighted by Crippen LogP contribution is -2.38. The molecule has 2 heterocycles. The van der Waals surface area contributed by atoms with E-state index in [2.05, 4.69) is 20.4 Å². The van der Waals surface area contributed by atoms with E-state index in [9.17, 15) is 17.6 Å². The number of fused-ring (bicyclic) bond motifs is 1. The van der Waals surface area contributed by atoms with Crippen molar-refractivity contribution in [1.82, 2.24) is 25.1 Å². The van der Waals surface area contributed by atoms with Crippen molar-refractivity contribution in [2.75, 3.05) is 12.0 Å². The van der Waals surface area contributed by atoms with Crippen molar-refractivity contribution < 1.29 is 17.6 Å². The van der Waals surface area contributed by atoms with Crippen LogP contribution in [0, 0.1) is 18.7 Å². The SMILES string of the molecule is Cc1nn(-c2ncc(C(=O)NC3CCC(CCS(C)(=O)=O)CC3)cn2)c2cc(F)ccc12. The molecule has 1 N–H and O–H groups in total. The summed E-state index contributed by atoms with van der Waals surface area (Å²) < 4.78 is 37.8. The van der Waals surface area contributed by atoms with Crippen LogP contribution in [0.25, 0.3) is 16.9 Å². The Bertz CT molecular complexity index is 1230. The van der Waals surface area contributed by atoms with Crippen molar-refractivity contribution in [2.45, 2.75) is 45.1 Å². The van der Waals surface area contributed by atoms with Crippen LogP contribution in [0.4, 0.5) is 4.39 Å². The van der Waals surface area contributed by atoms with Gasteiger partial charge in [0, 0.05) is 36.1 Å². The molecule has 0 saturated heterocycles. The predicted molar refractivity (Wildman–Crippen MR) is 119 cm³/mol. The van der Waals surface area contributed by atoms with E-state index in [-0.39, 0.29) is 29.5 Å². The van der Waals surface area contributed by atoms with E-state index in [0.717, 1.165) is 36.8 Å². The van der Waals surface area contributed by atoms with E-state index < -0.39 is 9.84 Å². The first-order valence-electron chi connectivity index (χ1n) is 10.7. The second kappa shape index (κ2) is 8.93. The summed E-state index contributed by atoms with van der Waals surface area (Å²) in [5, 5.41) is 8.22. The number of aryl methyl sites for hydroxylation is 1. The van der Waals surface area contributed by atoms with Crippen LogP contribution >= 0.6 is 0 Å². The summed E-state index contributed by atoms with van der Waals surface area (Å²) in [4.78, 5) is 21.1. The van der Waals surface area contributed by atoms with Gasteiger partial charge < -0.3 is 5.32 Å². The molecule has 0 bridgehead atoms. The van der Waals surface area contributed by atoms with Gasteiger partial charge in [0.05, 0.1) is 22.5 Å². The minimum atomic E-state index is -2.94. The Balaban J connectivity index is 1.38. The number of halogens is 1. The van der Waals surface area contributed by atoms with Gasteiger partial charge in [-0.25, -0.2) is 22.8 Å². The normalized spacial score (nSPS) is 19.2. The molecule has 3 aromatic rings. The maximum absolute atomic E-state index is 13.7. The zero-order chi connectivity index (χ0) is 22.9. The molecule has 32 heavy (non-hydrogen) atoms. The van der Waals surface area contributed by atoms with Crippen molar-refractivity contribution in [1.29, 1.82) is 0 Å². The summed E-state index contributed by atoms with van der Waals surface area (Å²) in [6.45, 7) is 1.83. The summed E-state index contributed by atoms with van der Waals surface area (Å²) in [6.07, 6.45) is 8.28. The number of amides is 1. The Morgan fingerprint density at radius 1 is 1.19 bits per heavy atom. The first-order valence-corrected chi connectivity index (χ1v) is 12.7. The lowest BCUT2D eigenvalue weighted by molar-refractivity contribution is 0.0921. The Kier molecular flexibility index (Phi) is 6.23. The third-order valence-electron chi connectivity index (χ3n) is 6.00. The summed E-state index contributed by atoms with van der Waals surface area (Å²) in [7, 11) is -2.94. The number of carbonyl (C=O) groups is 1. The van der Waals surface area contributed by atoms with Gasteiger partial charge in [-0.2, -0.15) is 9.78 Å². The highest BCUT2D eigenvalue weighted by Gasteiger charge is 2.24. The molecule has 1 fully saturated rings. The molecule has 1 aromatic carbocycles. The van der Waals surface area contributed by atoms with E-state index >= 15 is 0 Å². The minimum Gasteiger partial charge on any atom is -0.349 e. The van der Waals surface area contributed by atoms with E-state index in [1.54, 1.807) is 6.07 Å². The average molecular weight is 460 g/mol. The highest BCUT2D eigenvalue weighted by Crippen LogP contribution is 2.27. The first-order chi connectivity index (χ1) is 15.2. The summed E-state index contributed by atoms with van der Waals surface area (Å²) in [5.41, 5.74) is 1.64. The summed E-state index contributed by atoms with van der Waals surface area (Å²) in [6, 6.07) is 4.49. The van der Waals surface area contributed by atoms with Crippen molar-refractivity contribution in [3.05, 3.63) is 47.7 Å². The molecule has 0 spiro atoms. The number of hydrogen-bond donors (Lipinski definition) is 1. The van der Waals surface area contributed by atoms with Crippen molar-refractivity contribution in [3.63, 3.8) is 0 Å². The molecular weight excluding hydrogens is 433 g/mol. The molecule has 1 aliphatic rings. The molecular formula is C22H26FN5O3S. The number of sulfone groups is 1. The molecule has 1 aliphatic carbocycles. The van der Waals surface area contributed by atoms with E-state index in [0.29, 0.717) is 23.4 Å². The van der Waals surface area contributed by atoms with Gasteiger partial charge >= 0.3 is 0 Å². The molecule has 1 amide bonds. The maximum Gasteiger partial charge on any atom is 0.254 e. The molecule has 1 saturated carbocycles. The van der Waals surface area contributed by atoms with Gasteiger partial charge in [-0.05, 0) is 57.1 Å². The highest BCUT2D eigenvalue weighted by molar-refractivity contribution is 7.90. The predicted octanol–water partition coefficient (Wildman–Crippen LogP) is 2.99. The maximum atomic E-state index is 13.7. The van der Waals surface area contributed by atoms with Gasteiger partial charge in [-0.3, -0.25) is 4.79 Å². The molecule has 10 heteroatoms. The molecule has 4 rings (SSSR count). The lowest BCUT2D eigenvalue weighted by atomic mass is 9.84. The number of benzene rings is 1. The molecule has 8 nitrogen and oxygen atoms in total. The molecule has 170 valence electrons. The van der Waals surface area contributed by atoms with Crippen molar-refractivity contribution >= 4 is 26.6 Å². The number of nitrogens with one attached hydrogen (secondary N) is 1. The van der Waals surface area contributed by atoms with Crippen LogP contribution in [0.2, 0.25) is 0 Å². The largest absolute Gasteiger partial charge is 0.349 e. The van der Waals surface area contributed by atoms with Gasteiger partial charge in [0.2, 0.25) is 0 Å². The van der Waals surface area contributed by atoms with Crippen LogP contribution in [0.1, 0.15) is 48.2 Å². The zero-order valence-corrected chi connectivity index (χ0v) is 18.9. The molecule has 2 aromatic heterocycles. The Morgan fingerprint density at radius 2 is 1.88 bits per heavy atom. The van der Waals surface area contributed by atoms with Gasteiger partial charge in [-0.15, -0.1) is 0 Å². The highest BCUT2D eigenvalue weighted by atomic mass is 32.2. The fourth-order valence-electron chi connectivity index (χ4n) is 4.19. The smallest absolute Gasteiger partial charge is 0.254 e. The van der Waals surface area contributed by atoms with E-state index in [1.165, 1.54) is 35.5 Å². The number of nitrogens with zero attached hydrogens (tertiary/aromatic N) is 4. The van der Waals surface area contributed by atoms with Gasteiger partial charge in [-0.1, -0.05) is 0 Å². The van der Waals surface area contributed by atoms with Crippen LogP contribution in [-0.2, 0) is 9.84 Å². The van der Waals surface area contributed by atoms with Crippen LogP contribution in [0.5, 0.6) is 0 Å². The van der Waals surface area contributed by atoms with E-state index in [4.69, 9.17) is 0 Å². The topological polar surface area (TPSA) is 107 Å². The average Bonchev–Trinajstić information content (AvgIpc) is 3.08. The second-order valence-corrected chi connectivity index (χ2v) is 10.8. The molecule has 0 unspecified atom stereocenters. The number of hydrogen-bond acceptors (Lipinski definition) is 6. The Morgan fingerprint density at radius 3 is 2.53 bits per heavy atom. The number of carbonyl (C=O) groups excluding carboxylic acids is 1. The molecule has 0 aliphatic heterocycles. The van der Waals surface area contributed by atoms with Crippen LogP contribution in [0.15, 0.2) is 30.6 Å². The minimum absolute atomic E-state index is 0.0531. The standard InChI is InChI=1S/C22H26FN5O3S/c1-14-19-8-5-17(23)11-20(19)28(27-14)22-24-12-16(13-25-22)21(29)26-18-6-3-15(4-7-18)9-10-32(2,30)31/h5,8,11-13,15,18H,3-4,6-7,9-10H2,1-2H3,(H,26,29). The fourth-order valence-corrected chi connectivity index (χ4v) is 4.95. The van der Waals surface area contributed by atoms with Crippen LogP contribution in [0.3, 0.4) is 0 Å². The Labute approximate surface area is 186 Å². The number of rotatable bonds is 6. The molecule has 0 radical (unpaired) electrons. The second-order valence-electron chi connectivity index (χ2n) is 8.54. The van der Waals surface area contributed by atoms with Crippen LogP contribution < -0.4 is 5.32 Å². The zero-order valence-electron chi connectivity index (χ0n) is 18.1.